The van der Waals surface area contributed by atoms with Gasteiger partial charge in [0.05, 0.1) is 0 Å². The van der Waals surface area contributed by atoms with Crippen LogP contribution in [0.5, 0.6) is 0 Å². The third kappa shape index (κ3) is 2.72. The summed E-state index contributed by atoms with van der Waals surface area (Å²) in [7, 11) is -0.525. The highest BCUT2D eigenvalue weighted by molar-refractivity contribution is 7.77. The van der Waals surface area contributed by atoms with Gasteiger partial charge in [0.2, 0.25) is 0 Å². The number of hydrogen-bond acceptors (Lipinski definition) is 0. The van der Waals surface area contributed by atoms with Gasteiger partial charge in [0.15, 0.2) is 0 Å². The van der Waals surface area contributed by atoms with Crippen LogP contribution in [0.15, 0.2) is 85.2 Å². The van der Waals surface area contributed by atoms with Gasteiger partial charge in [-0.15, -0.1) is 0 Å². The number of hydrogen-bond donors (Lipinski definition) is 0. The van der Waals surface area contributed by atoms with Gasteiger partial charge in [-0.25, -0.2) is 0 Å². The highest BCUT2D eigenvalue weighted by atomic mass is 31.1. The molecule has 0 aliphatic carbocycles. The van der Waals surface area contributed by atoms with Gasteiger partial charge in [-0.05, 0) is 23.8 Å². The van der Waals surface area contributed by atoms with Crippen molar-refractivity contribution < 1.29 is 0 Å². The Kier molecular flexibility index (Phi) is 3.90. The maximum Gasteiger partial charge on any atom is -0.0141 e. The van der Waals surface area contributed by atoms with Gasteiger partial charge >= 0.3 is 0 Å². The molecule has 0 atom stereocenters. The molecule has 0 fully saturated rings. The lowest BCUT2D eigenvalue weighted by Crippen LogP contribution is -2.11. The Morgan fingerprint density at radius 2 is 1.24 bits per heavy atom. The lowest BCUT2D eigenvalue weighted by molar-refractivity contribution is 1.75. The summed E-state index contributed by atoms with van der Waals surface area (Å²) in [4.78, 5) is 0. The Bertz CT molecular complexity index is 460. The topological polar surface area (TPSA) is 0 Å². The Hall–Kier alpha value is -1.65. The van der Waals surface area contributed by atoms with Crippen LogP contribution < -0.4 is 10.6 Å². The molecule has 0 aliphatic heterocycles. The normalized spacial score (nSPS) is 10.2. The predicted octanol–water partition coefficient (Wildman–Crippen LogP) is 3.82. The molecule has 0 saturated carbocycles. The van der Waals surface area contributed by atoms with Crippen LogP contribution in [0.3, 0.4) is 0 Å². The highest BCUT2D eigenvalue weighted by Crippen LogP contribution is 2.41. The number of allylic oxidation sites excluding steroid dienone is 2. The second kappa shape index (κ2) is 5.61. The minimum Gasteiger partial charge on any atom is -0.0984 e. The van der Waals surface area contributed by atoms with Gasteiger partial charge in [0.1, 0.15) is 0 Å². The lowest BCUT2D eigenvalue weighted by Gasteiger charge is -2.18. The van der Waals surface area contributed by atoms with Crippen LogP contribution in [-0.2, 0) is 0 Å². The van der Waals surface area contributed by atoms with Crippen LogP contribution in [-0.4, -0.2) is 0 Å². The average molecular weight is 238 g/mol. The SMILES string of the molecule is C=CC(=C)P(c1ccccc1)c1ccccc1. The zero-order valence-electron chi connectivity index (χ0n) is 9.71. The molecule has 2 rings (SSSR count). The third-order valence-electron chi connectivity index (χ3n) is 2.55. The van der Waals surface area contributed by atoms with Gasteiger partial charge in [-0.2, -0.15) is 0 Å². The van der Waals surface area contributed by atoms with E-state index in [1.165, 1.54) is 10.6 Å². The summed E-state index contributed by atoms with van der Waals surface area (Å²) in [6.45, 7) is 7.99. The van der Waals surface area contributed by atoms with Crippen molar-refractivity contribution in [3.63, 3.8) is 0 Å². The van der Waals surface area contributed by atoms with Crippen molar-refractivity contribution in [3.8, 4) is 0 Å². The number of rotatable bonds is 4. The Morgan fingerprint density at radius 3 is 1.59 bits per heavy atom. The molecular weight excluding hydrogens is 223 g/mol. The van der Waals surface area contributed by atoms with Crippen molar-refractivity contribution in [1.29, 1.82) is 0 Å². The molecular formula is C16H15P. The molecule has 0 spiro atoms. The van der Waals surface area contributed by atoms with E-state index in [4.69, 9.17) is 0 Å². The maximum absolute atomic E-state index is 4.14. The molecule has 2 aromatic carbocycles. The van der Waals surface area contributed by atoms with E-state index in [1.807, 2.05) is 18.2 Å². The average Bonchev–Trinajstić information content (AvgIpc) is 2.41. The van der Waals surface area contributed by atoms with Crippen LogP contribution in [0.4, 0.5) is 0 Å². The second-order valence-corrected chi connectivity index (χ2v) is 5.98. The van der Waals surface area contributed by atoms with Crippen LogP contribution in [0.1, 0.15) is 0 Å². The van der Waals surface area contributed by atoms with Crippen LogP contribution >= 0.6 is 7.92 Å². The molecule has 2 aromatic rings. The standard InChI is InChI=1S/C16H15P/c1-3-14(2)17(15-10-6-4-7-11-15)16-12-8-5-9-13-16/h3-13H,1-2H2. The summed E-state index contributed by atoms with van der Waals surface area (Å²) in [6, 6.07) is 21.0. The van der Waals surface area contributed by atoms with Crippen molar-refractivity contribution in [2.45, 2.75) is 0 Å². The van der Waals surface area contributed by atoms with Crippen molar-refractivity contribution in [3.05, 3.63) is 85.2 Å². The van der Waals surface area contributed by atoms with Crippen LogP contribution in [0.25, 0.3) is 0 Å². The fourth-order valence-electron chi connectivity index (χ4n) is 1.73. The smallest absolute Gasteiger partial charge is 0.0141 e. The molecule has 0 radical (unpaired) electrons. The van der Waals surface area contributed by atoms with Gasteiger partial charge in [-0.3, -0.25) is 0 Å². The van der Waals surface area contributed by atoms with Gasteiger partial charge < -0.3 is 0 Å². The van der Waals surface area contributed by atoms with Gasteiger partial charge in [-0.1, -0.05) is 79.9 Å². The second-order valence-electron chi connectivity index (χ2n) is 3.70. The zero-order chi connectivity index (χ0) is 12.1. The Balaban J connectivity index is 2.47. The van der Waals surface area contributed by atoms with Crippen molar-refractivity contribution in [2.75, 3.05) is 0 Å². The summed E-state index contributed by atoms with van der Waals surface area (Å²) < 4.78 is 0. The van der Waals surface area contributed by atoms with E-state index in [0.29, 0.717) is 0 Å². The zero-order valence-corrected chi connectivity index (χ0v) is 10.6. The third-order valence-corrected chi connectivity index (χ3v) is 4.94. The van der Waals surface area contributed by atoms with Crippen LogP contribution in [0.2, 0.25) is 0 Å². The summed E-state index contributed by atoms with van der Waals surface area (Å²) in [5.41, 5.74) is 0. The number of benzene rings is 2. The van der Waals surface area contributed by atoms with Gasteiger partial charge in [0.25, 0.3) is 0 Å². The van der Waals surface area contributed by atoms with Gasteiger partial charge in [0, 0.05) is 0 Å². The van der Waals surface area contributed by atoms with E-state index in [2.05, 4.69) is 61.7 Å². The summed E-state index contributed by atoms with van der Waals surface area (Å²) >= 11 is 0. The predicted molar refractivity (Wildman–Crippen MR) is 78.4 cm³/mol. The molecule has 0 aliphatic rings. The summed E-state index contributed by atoms with van der Waals surface area (Å²) in [5, 5.41) is 3.73. The molecule has 84 valence electrons. The monoisotopic (exact) mass is 238 g/mol. The van der Waals surface area contributed by atoms with Crippen molar-refractivity contribution in [2.24, 2.45) is 0 Å². The largest absolute Gasteiger partial charge is 0.0984 e. The molecule has 17 heavy (non-hydrogen) atoms. The molecule has 0 amide bonds. The van der Waals surface area contributed by atoms with Crippen molar-refractivity contribution in [1.82, 2.24) is 0 Å². The fourth-order valence-corrected chi connectivity index (χ4v) is 3.81. The van der Waals surface area contributed by atoms with Crippen molar-refractivity contribution >= 4 is 18.5 Å². The van der Waals surface area contributed by atoms with E-state index in [0.717, 1.165) is 5.31 Å². The molecule has 0 heterocycles. The first-order chi connectivity index (χ1) is 8.33. The summed E-state index contributed by atoms with van der Waals surface area (Å²) in [6.07, 6.45) is 1.87. The Labute approximate surface area is 104 Å². The highest BCUT2D eigenvalue weighted by Gasteiger charge is 2.14. The first-order valence-electron chi connectivity index (χ1n) is 5.54. The lowest BCUT2D eigenvalue weighted by atomic mass is 10.4. The molecule has 0 bridgehead atoms. The molecule has 0 aromatic heterocycles. The molecule has 0 nitrogen and oxygen atoms in total. The van der Waals surface area contributed by atoms with E-state index in [-0.39, 0.29) is 0 Å². The van der Waals surface area contributed by atoms with E-state index in [1.54, 1.807) is 0 Å². The first-order valence-corrected chi connectivity index (χ1v) is 6.88. The van der Waals surface area contributed by atoms with E-state index in [9.17, 15) is 0 Å². The van der Waals surface area contributed by atoms with E-state index < -0.39 is 7.92 Å². The minimum absolute atomic E-state index is 0.525. The molecule has 1 heteroatoms. The maximum atomic E-state index is 4.14. The first kappa shape index (κ1) is 11.8. The quantitative estimate of drug-likeness (QED) is 0.561. The molecule has 0 unspecified atom stereocenters. The Morgan fingerprint density at radius 1 is 0.824 bits per heavy atom. The fraction of sp³-hybridized carbons (Fsp3) is 0. The molecule has 0 N–H and O–H groups in total. The summed E-state index contributed by atoms with van der Waals surface area (Å²) in [5.74, 6) is 0. The minimum atomic E-state index is -0.525. The van der Waals surface area contributed by atoms with E-state index >= 15 is 0 Å². The molecule has 0 saturated heterocycles. The van der Waals surface area contributed by atoms with Crippen LogP contribution in [0, 0.1) is 0 Å².